The molecular weight excluding hydrogens is 396 g/mol. The second kappa shape index (κ2) is 8.97. The Hall–Kier alpha value is -2.17. The lowest BCUT2D eigenvalue weighted by molar-refractivity contribution is -0.113. The molecular formula is C15H15ClN6O2S2. The van der Waals surface area contributed by atoms with Gasteiger partial charge in [0.1, 0.15) is 17.9 Å². The highest BCUT2D eigenvalue weighted by Crippen LogP contribution is 2.24. The average Bonchev–Trinajstić information content (AvgIpc) is 3.28. The first-order valence-corrected chi connectivity index (χ1v) is 9.90. The molecule has 0 unspecified atom stereocenters. The number of aromatic nitrogens is 5. The van der Waals surface area contributed by atoms with Gasteiger partial charge in [-0.3, -0.25) is 10.1 Å². The van der Waals surface area contributed by atoms with Crippen molar-refractivity contribution in [1.29, 1.82) is 0 Å². The fourth-order valence-corrected chi connectivity index (χ4v) is 3.54. The van der Waals surface area contributed by atoms with Crippen molar-refractivity contribution in [2.45, 2.75) is 25.2 Å². The van der Waals surface area contributed by atoms with Crippen LogP contribution in [0.1, 0.15) is 12.7 Å². The molecule has 0 aliphatic rings. The molecule has 0 spiro atoms. The van der Waals surface area contributed by atoms with E-state index in [1.165, 1.54) is 23.1 Å². The molecule has 3 aromatic rings. The van der Waals surface area contributed by atoms with E-state index in [1.807, 2.05) is 23.6 Å². The Morgan fingerprint density at radius 3 is 2.92 bits per heavy atom. The molecule has 0 radical (unpaired) electrons. The zero-order valence-electron chi connectivity index (χ0n) is 13.8. The number of nitrogens with one attached hydrogen (secondary N) is 1. The van der Waals surface area contributed by atoms with Crippen LogP contribution in [0.4, 0.5) is 5.13 Å². The molecule has 0 aliphatic carbocycles. The van der Waals surface area contributed by atoms with Crippen molar-refractivity contribution in [2.24, 2.45) is 0 Å². The minimum atomic E-state index is -0.175. The van der Waals surface area contributed by atoms with Crippen LogP contribution in [-0.4, -0.2) is 36.6 Å². The maximum absolute atomic E-state index is 11.9. The molecule has 2 aromatic heterocycles. The SMILES string of the molecule is CCn1c(COc2ccccc2Cl)nnc1SCC(=O)Nc1nncs1. The van der Waals surface area contributed by atoms with Gasteiger partial charge in [-0.2, -0.15) is 0 Å². The Bertz CT molecular complexity index is 871. The third kappa shape index (κ3) is 4.71. The molecule has 0 atom stereocenters. The van der Waals surface area contributed by atoms with Crippen LogP contribution in [0.3, 0.4) is 0 Å². The molecule has 136 valence electrons. The van der Waals surface area contributed by atoms with Crippen LogP contribution in [0.25, 0.3) is 0 Å². The van der Waals surface area contributed by atoms with Crippen LogP contribution in [-0.2, 0) is 17.9 Å². The van der Waals surface area contributed by atoms with E-state index in [9.17, 15) is 4.79 Å². The molecule has 0 saturated carbocycles. The Kier molecular flexibility index (Phi) is 6.42. The number of carbonyl (C=O) groups is 1. The van der Waals surface area contributed by atoms with E-state index in [0.717, 1.165) is 0 Å². The summed E-state index contributed by atoms with van der Waals surface area (Å²) in [4.78, 5) is 11.9. The number of carbonyl (C=O) groups excluding carboxylic acids is 1. The Labute approximate surface area is 162 Å². The summed E-state index contributed by atoms with van der Waals surface area (Å²) in [5.41, 5.74) is 1.56. The zero-order chi connectivity index (χ0) is 18.4. The molecule has 8 nitrogen and oxygen atoms in total. The highest BCUT2D eigenvalue weighted by atomic mass is 35.5. The van der Waals surface area contributed by atoms with Crippen molar-refractivity contribution < 1.29 is 9.53 Å². The lowest BCUT2D eigenvalue weighted by Gasteiger charge is -2.09. The first-order valence-electron chi connectivity index (χ1n) is 7.65. The lowest BCUT2D eigenvalue weighted by Crippen LogP contribution is -2.14. The minimum absolute atomic E-state index is 0.175. The van der Waals surface area contributed by atoms with Gasteiger partial charge >= 0.3 is 0 Å². The van der Waals surface area contributed by atoms with Gasteiger partial charge < -0.3 is 9.30 Å². The zero-order valence-corrected chi connectivity index (χ0v) is 16.1. The van der Waals surface area contributed by atoms with E-state index in [-0.39, 0.29) is 18.3 Å². The second-order valence-corrected chi connectivity index (χ2v) is 7.13. The van der Waals surface area contributed by atoms with E-state index in [0.29, 0.717) is 33.4 Å². The maximum atomic E-state index is 11.9. The number of hydrogen-bond acceptors (Lipinski definition) is 8. The summed E-state index contributed by atoms with van der Waals surface area (Å²) in [6.07, 6.45) is 0. The number of halogens is 1. The first-order chi connectivity index (χ1) is 12.7. The average molecular weight is 411 g/mol. The summed E-state index contributed by atoms with van der Waals surface area (Å²) in [6, 6.07) is 7.25. The fourth-order valence-electron chi connectivity index (χ4n) is 2.07. The van der Waals surface area contributed by atoms with Gasteiger partial charge in [-0.05, 0) is 19.1 Å². The van der Waals surface area contributed by atoms with E-state index in [2.05, 4.69) is 25.7 Å². The molecule has 0 saturated heterocycles. The van der Waals surface area contributed by atoms with Crippen LogP contribution in [0.15, 0.2) is 34.9 Å². The van der Waals surface area contributed by atoms with Crippen molar-refractivity contribution >= 4 is 45.7 Å². The molecule has 26 heavy (non-hydrogen) atoms. The summed E-state index contributed by atoms with van der Waals surface area (Å²) in [5.74, 6) is 1.28. The number of ether oxygens (including phenoxy) is 1. The molecule has 11 heteroatoms. The predicted octanol–water partition coefficient (Wildman–Crippen LogP) is 3.11. The number of benzene rings is 1. The van der Waals surface area contributed by atoms with Gasteiger partial charge in [0.25, 0.3) is 0 Å². The van der Waals surface area contributed by atoms with Gasteiger partial charge in [-0.25, -0.2) is 0 Å². The van der Waals surface area contributed by atoms with Gasteiger partial charge in [0.15, 0.2) is 11.0 Å². The van der Waals surface area contributed by atoms with E-state index < -0.39 is 0 Å². The number of hydrogen-bond donors (Lipinski definition) is 1. The molecule has 0 aliphatic heterocycles. The van der Waals surface area contributed by atoms with Crippen molar-refractivity contribution in [1.82, 2.24) is 25.0 Å². The summed E-state index contributed by atoms with van der Waals surface area (Å²) in [6.45, 7) is 2.88. The van der Waals surface area contributed by atoms with Gasteiger partial charge in [0, 0.05) is 6.54 Å². The number of para-hydroxylation sites is 1. The van der Waals surface area contributed by atoms with Crippen molar-refractivity contribution in [3.63, 3.8) is 0 Å². The monoisotopic (exact) mass is 410 g/mol. The molecule has 3 rings (SSSR count). The molecule has 2 heterocycles. The van der Waals surface area contributed by atoms with Crippen LogP contribution in [0, 0.1) is 0 Å². The minimum Gasteiger partial charge on any atom is -0.484 e. The fraction of sp³-hybridized carbons (Fsp3) is 0.267. The highest BCUT2D eigenvalue weighted by molar-refractivity contribution is 7.99. The number of thioether (sulfide) groups is 1. The summed E-state index contributed by atoms with van der Waals surface area (Å²) >= 11 is 8.65. The smallest absolute Gasteiger partial charge is 0.236 e. The predicted molar refractivity (Wildman–Crippen MR) is 101 cm³/mol. The van der Waals surface area contributed by atoms with Crippen molar-refractivity contribution in [3.05, 3.63) is 40.6 Å². The van der Waals surface area contributed by atoms with E-state index >= 15 is 0 Å². The standard InChI is InChI=1S/C15H15ClN6O2S2/c1-2-22-12(7-24-11-6-4-3-5-10(11)16)19-21-15(22)25-8-13(23)18-14-20-17-9-26-14/h3-6,9H,2,7-8H2,1H3,(H,18,20,23). The number of amides is 1. The molecule has 1 amide bonds. The van der Waals surface area contributed by atoms with E-state index in [4.69, 9.17) is 16.3 Å². The summed E-state index contributed by atoms with van der Waals surface area (Å²) in [7, 11) is 0. The quantitative estimate of drug-likeness (QED) is 0.570. The van der Waals surface area contributed by atoms with E-state index in [1.54, 1.807) is 17.6 Å². The number of rotatable bonds is 8. The van der Waals surface area contributed by atoms with Gasteiger partial charge in [-0.15, -0.1) is 20.4 Å². The van der Waals surface area contributed by atoms with Crippen molar-refractivity contribution in [3.8, 4) is 5.75 Å². The molecule has 0 bridgehead atoms. The maximum Gasteiger partial charge on any atom is 0.236 e. The Morgan fingerprint density at radius 1 is 1.35 bits per heavy atom. The normalized spacial score (nSPS) is 10.7. The second-order valence-electron chi connectivity index (χ2n) is 4.94. The topological polar surface area (TPSA) is 94.8 Å². The molecule has 0 fully saturated rings. The number of nitrogens with zero attached hydrogens (tertiary/aromatic N) is 5. The highest BCUT2D eigenvalue weighted by Gasteiger charge is 2.14. The Balaban J connectivity index is 1.59. The summed E-state index contributed by atoms with van der Waals surface area (Å²) in [5, 5.41) is 20.1. The summed E-state index contributed by atoms with van der Waals surface area (Å²) < 4.78 is 7.62. The van der Waals surface area contributed by atoms with Crippen molar-refractivity contribution in [2.75, 3.05) is 11.1 Å². The third-order valence-corrected chi connectivity index (χ3v) is 5.13. The third-order valence-electron chi connectivity index (χ3n) is 3.24. The van der Waals surface area contributed by atoms with Crippen LogP contribution in [0.5, 0.6) is 5.75 Å². The largest absolute Gasteiger partial charge is 0.484 e. The van der Waals surface area contributed by atoms with Crippen LogP contribution >= 0.6 is 34.7 Å². The van der Waals surface area contributed by atoms with Gasteiger partial charge in [0.2, 0.25) is 11.0 Å². The molecule has 1 N–H and O–H groups in total. The van der Waals surface area contributed by atoms with Gasteiger partial charge in [-0.1, -0.05) is 46.8 Å². The first kappa shape index (κ1) is 18.6. The van der Waals surface area contributed by atoms with Crippen LogP contribution in [0.2, 0.25) is 5.02 Å². The number of anilines is 1. The lowest BCUT2D eigenvalue weighted by atomic mass is 10.3. The van der Waals surface area contributed by atoms with Crippen LogP contribution < -0.4 is 10.1 Å². The Morgan fingerprint density at radius 2 is 2.19 bits per heavy atom. The van der Waals surface area contributed by atoms with Gasteiger partial charge in [0.05, 0.1) is 10.8 Å². The molecule has 1 aromatic carbocycles.